The van der Waals surface area contributed by atoms with Crippen LogP contribution in [0, 0.1) is 17.8 Å². The zero-order valence-electron chi connectivity index (χ0n) is 34.8. The topological polar surface area (TPSA) is 184 Å². The molecule has 0 radical (unpaired) electrons. The van der Waals surface area contributed by atoms with Crippen molar-refractivity contribution < 1.29 is 57.9 Å². The Morgan fingerprint density at radius 1 is 1.08 bits per heavy atom. The Morgan fingerprint density at radius 2 is 1.88 bits per heavy atom. The molecular formula is C46H56N2O12. The number of aliphatic hydroxyl groups excluding tert-OH is 1. The summed E-state index contributed by atoms with van der Waals surface area (Å²) < 4.78 is 37.7. The third-order valence-corrected chi connectivity index (χ3v) is 12.4. The number of carbonyl (C=O) groups excluding carboxylic acids is 3. The van der Waals surface area contributed by atoms with Crippen LogP contribution in [-0.2, 0) is 42.8 Å². The summed E-state index contributed by atoms with van der Waals surface area (Å²) >= 11 is 0. The molecule has 14 nitrogen and oxygen atoms in total. The highest BCUT2D eigenvalue weighted by molar-refractivity contribution is 6.43. The van der Waals surface area contributed by atoms with E-state index < -0.39 is 71.7 Å². The summed E-state index contributed by atoms with van der Waals surface area (Å²) in [6, 6.07) is 12.1. The molecule has 0 amide bonds. The maximum Gasteiger partial charge on any atom is 0.361 e. The van der Waals surface area contributed by atoms with Crippen molar-refractivity contribution in [2.45, 2.75) is 114 Å². The summed E-state index contributed by atoms with van der Waals surface area (Å²) in [4.78, 5) is 49.0. The maximum atomic E-state index is 14.6. The molecule has 3 N–H and O–H groups in total. The molecule has 60 heavy (non-hydrogen) atoms. The zero-order valence-corrected chi connectivity index (χ0v) is 34.8. The van der Waals surface area contributed by atoms with E-state index in [-0.39, 0.29) is 42.7 Å². The minimum atomic E-state index is -2.02. The largest absolute Gasteiger partial charge is 0.462 e. The predicted octanol–water partition coefficient (Wildman–Crippen LogP) is 5.66. The van der Waals surface area contributed by atoms with Crippen molar-refractivity contribution in [3.05, 3.63) is 107 Å². The quantitative estimate of drug-likeness (QED) is 0.0977. The average Bonchev–Trinajstić information content (AvgIpc) is 3.90. The first kappa shape index (κ1) is 43.2. The molecule has 1 aliphatic carbocycles. The lowest BCUT2D eigenvalue weighted by atomic mass is 9.70. The second-order valence-electron chi connectivity index (χ2n) is 16.5. The number of carbonyl (C=O) groups is 3. The number of H-pyrrole nitrogens is 1. The monoisotopic (exact) mass is 828 g/mol. The Labute approximate surface area is 350 Å². The van der Waals surface area contributed by atoms with Crippen LogP contribution >= 0.6 is 0 Å². The van der Waals surface area contributed by atoms with E-state index in [1.54, 1.807) is 54.7 Å². The van der Waals surface area contributed by atoms with Crippen LogP contribution in [0.15, 0.2) is 101 Å². The van der Waals surface area contributed by atoms with Crippen LogP contribution < -0.4 is 0 Å². The Balaban J connectivity index is 1.26. The molecule has 7 rings (SSSR count). The molecule has 3 fully saturated rings. The van der Waals surface area contributed by atoms with E-state index in [1.165, 1.54) is 13.2 Å². The number of aromatic amines is 1. The molecule has 5 heterocycles. The Morgan fingerprint density at radius 3 is 2.62 bits per heavy atom. The van der Waals surface area contributed by atoms with Crippen molar-refractivity contribution in [3.8, 4) is 0 Å². The van der Waals surface area contributed by atoms with Crippen LogP contribution in [0.3, 0.4) is 0 Å². The maximum absolute atomic E-state index is 14.6. The number of esters is 3. The molecule has 3 unspecified atom stereocenters. The highest BCUT2D eigenvalue weighted by Gasteiger charge is 2.60. The number of aromatic nitrogens is 1. The smallest absolute Gasteiger partial charge is 0.361 e. The van der Waals surface area contributed by atoms with Gasteiger partial charge in [0, 0.05) is 36.9 Å². The Bertz CT molecular complexity index is 2020. The van der Waals surface area contributed by atoms with Crippen molar-refractivity contribution in [2.24, 2.45) is 22.9 Å². The van der Waals surface area contributed by atoms with Crippen LogP contribution in [0.1, 0.15) is 82.3 Å². The fourth-order valence-corrected chi connectivity index (χ4v) is 9.16. The van der Waals surface area contributed by atoms with E-state index in [4.69, 9.17) is 33.3 Å². The fraction of sp³-hybridized carbons (Fsp3) is 0.522. The molecule has 4 aliphatic heterocycles. The summed E-state index contributed by atoms with van der Waals surface area (Å²) in [5.41, 5.74) is 0.0313. The van der Waals surface area contributed by atoms with Gasteiger partial charge in [-0.3, -0.25) is 4.79 Å². The van der Waals surface area contributed by atoms with Crippen LogP contribution in [0.2, 0.25) is 0 Å². The number of hydrogen-bond donors (Lipinski definition) is 3. The molecule has 14 heteroatoms. The number of benzene rings is 1. The van der Waals surface area contributed by atoms with Gasteiger partial charge in [0.15, 0.2) is 11.5 Å². The first-order chi connectivity index (χ1) is 28.9. The van der Waals surface area contributed by atoms with Crippen LogP contribution in [0.5, 0.6) is 0 Å². The van der Waals surface area contributed by atoms with Crippen LogP contribution in [0.4, 0.5) is 0 Å². The fourth-order valence-electron chi connectivity index (χ4n) is 9.16. The number of hydrogen-bond acceptors (Lipinski definition) is 13. The van der Waals surface area contributed by atoms with Gasteiger partial charge in [-0.15, -0.1) is 0 Å². The van der Waals surface area contributed by atoms with Gasteiger partial charge in [-0.1, -0.05) is 86.6 Å². The van der Waals surface area contributed by atoms with Gasteiger partial charge < -0.3 is 48.5 Å². The van der Waals surface area contributed by atoms with E-state index in [2.05, 4.69) is 24.0 Å². The highest BCUT2D eigenvalue weighted by atomic mass is 16.7. The number of oxime groups is 1. The summed E-state index contributed by atoms with van der Waals surface area (Å²) in [6.45, 7) is 7.58. The highest BCUT2D eigenvalue weighted by Crippen LogP contribution is 2.47. The molecule has 0 saturated carbocycles. The lowest BCUT2D eigenvalue weighted by Gasteiger charge is -2.50. The van der Waals surface area contributed by atoms with Crippen LogP contribution in [0.25, 0.3) is 0 Å². The normalized spacial score (nSPS) is 37.0. The number of nitrogens with zero attached hydrogens (tertiary/aromatic N) is 1. The van der Waals surface area contributed by atoms with Gasteiger partial charge in [0.25, 0.3) is 0 Å². The second kappa shape index (κ2) is 18.4. The molecule has 322 valence electrons. The van der Waals surface area contributed by atoms with Crippen molar-refractivity contribution in [1.29, 1.82) is 0 Å². The molecular weight excluding hydrogens is 773 g/mol. The van der Waals surface area contributed by atoms with E-state index >= 15 is 0 Å². The SMILES string of the molecule is CC[C@H]1OC2(CC[C@@H]1C)C[C@@H]1C[C@@H](C/C=C(\C)[C@H](OC(=O)C(=NOC)c3ccccc3)[C@@H](C)/C=C/C=C3\COC4[C@H](O)C(COC(=O)c5ccc[nH]5)=CC(C(=O)O1)[C@]34O)O2. The molecule has 11 atom stereocenters. The van der Waals surface area contributed by atoms with Crippen molar-refractivity contribution in [3.63, 3.8) is 0 Å². The average molecular weight is 829 g/mol. The first-order valence-electron chi connectivity index (χ1n) is 20.9. The molecule has 3 saturated heterocycles. The number of fused-ring (bicyclic) bond motifs is 2. The number of allylic oxidation sites excluding steroid dienone is 2. The molecule has 2 bridgehead atoms. The van der Waals surface area contributed by atoms with E-state index in [1.807, 2.05) is 32.1 Å². The zero-order chi connectivity index (χ0) is 42.6. The van der Waals surface area contributed by atoms with Gasteiger partial charge in [-0.05, 0) is 61.0 Å². The molecule has 1 spiro atoms. The van der Waals surface area contributed by atoms with Gasteiger partial charge in [-0.2, -0.15) is 0 Å². The van der Waals surface area contributed by atoms with Gasteiger partial charge >= 0.3 is 17.9 Å². The van der Waals surface area contributed by atoms with Gasteiger partial charge in [-0.25, -0.2) is 9.59 Å². The number of rotatable bonds is 8. The number of ether oxygens (including phenoxy) is 6. The first-order valence-corrected chi connectivity index (χ1v) is 20.9. The molecule has 2 aromatic rings. The van der Waals surface area contributed by atoms with E-state index in [0.717, 1.165) is 18.4 Å². The van der Waals surface area contributed by atoms with Gasteiger partial charge in [0.05, 0.1) is 18.8 Å². The Kier molecular flexibility index (Phi) is 13.3. The predicted molar refractivity (Wildman–Crippen MR) is 218 cm³/mol. The minimum Gasteiger partial charge on any atom is -0.462 e. The minimum absolute atomic E-state index is 0.0115. The molecule has 1 aromatic carbocycles. The molecule has 1 aromatic heterocycles. The number of aliphatic hydroxyl groups is 2. The lowest BCUT2D eigenvalue weighted by Crippen LogP contribution is -2.58. The van der Waals surface area contributed by atoms with Crippen LogP contribution in [-0.4, -0.2) is 107 Å². The second-order valence-corrected chi connectivity index (χ2v) is 16.5. The third-order valence-electron chi connectivity index (χ3n) is 12.4. The van der Waals surface area contributed by atoms with Gasteiger partial charge in [0.1, 0.15) is 55.3 Å². The lowest BCUT2D eigenvalue weighted by molar-refractivity contribution is -0.335. The van der Waals surface area contributed by atoms with E-state index in [0.29, 0.717) is 36.3 Å². The third kappa shape index (κ3) is 8.94. The van der Waals surface area contributed by atoms with Crippen molar-refractivity contribution in [2.75, 3.05) is 20.3 Å². The summed E-state index contributed by atoms with van der Waals surface area (Å²) in [5, 5.41) is 28.3. The van der Waals surface area contributed by atoms with Gasteiger partial charge in [0.2, 0.25) is 0 Å². The van der Waals surface area contributed by atoms with E-state index in [9.17, 15) is 24.6 Å². The molecule has 5 aliphatic rings. The Hall–Kier alpha value is -4.86. The summed E-state index contributed by atoms with van der Waals surface area (Å²) in [7, 11) is 1.37. The summed E-state index contributed by atoms with van der Waals surface area (Å²) in [5.74, 6) is -4.49. The van der Waals surface area contributed by atoms with Crippen molar-refractivity contribution in [1.82, 2.24) is 4.98 Å². The number of nitrogens with one attached hydrogen (secondary N) is 1. The van der Waals surface area contributed by atoms with Crippen molar-refractivity contribution >= 4 is 23.6 Å². The standard InChI is InChI=1S/C46H56N2O12/c1-6-37-27(2)19-20-45(60-37)24-34-23-33(59-45)18-17-29(4)40(58-44(52)38(48-54-5)30-13-8-7-9-14-30)28(3)12-10-15-32-26-55-41-39(49)31(22-35(42(50)57-34)46(32,41)53)25-56-43(51)36-16-11-21-47-36/h7-17,21-22,27-28,33-35,37,39-41,47,49,53H,6,18-20,23-26H2,1-5H3/b12-10+,29-17+,32-15+,48-38?/t27-,28-,33+,34-,35?,37+,39+,40+,41?,45?,46+/m0/s1. The summed E-state index contributed by atoms with van der Waals surface area (Å²) in [6.07, 6.45) is 8.83.